The lowest BCUT2D eigenvalue weighted by Crippen LogP contribution is -2.11. The molecule has 0 saturated heterocycles. The van der Waals surface area contributed by atoms with E-state index in [1.54, 1.807) is 12.1 Å². The van der Waals surface area contributed by atoms with Crippen LogP contribution < -0.4 is 11.1 Å². The third kappa shape index (κ3) is 4.28. The summed E-state index contributed by atoms with van der Waals surface area (Å²) in [6, 6.07) is 5.21. The maximum absolute atomic E-state index is 11.6. The second kappa shape index (κ2) is 6.89. The molecular weight excluding hydrogens is 228 g/mol. The van der Waals surface area contributed by atoms with E-state index in [1.807, 2.05) is 13.0 Å². The van der Waals surface area contributed by atoms with E-state index in [2.05, 4.69) is 19.2 Å². The molecule has 1 aromatic rings. The molecule has 0 unspecified atom stereocenters. The number of nitrogen functional groups attached to an aromatic ring is 1. The van der Waals surface area contributed by atoms with Gasteiger partial charge in [0.15, 0.2) is 0 Å². The van der Waals surface area contributed by atoms with Gasteiger partial charge in [0, 0.05) is 6.54 Å². The highest BCUT2D eigenvalue weighted by Crippen LogP contribution is 2.20. The Kier molecular flexibility index (Phi) is 5.49. The van der Waals surface area contributed by atoms with Crippen molar-refractivity contribution < 1.29 is 9.53 Å². The summed E-state index contributed by atoms with van der Waals surface area (Å²) in [6.45, 7) is 7.50. The van der Waals surface area contributed by atoms with Crippen molar-refractivity contribution in [2.75, 3.05) is 24.2 Å². The minimum Gasteiger partial charge on any atom is -0.462 e. The lowest BCUT2D eigenvalue weighted by atomic mass is 10.1. The van der Waals surface area contributed by atoms with Gasteiger partial charge in [0.1, 0.15) is 0 Å². The highest BCUT2D eigenvalue weighted by molar-refractivity contribution is 5.91. The van der Waals surface area contributed by atoms with Crippen LogP contribution in [0.4, 0.5) is 11.4 Å². The normalized spacial score (nSPS) is 10.4. The highest BCUT2D eigenvalue weighted by Gasteiger charge is 2.09. The Hall–Kier alpha value is -1.71. The van der Waals surface area contributed by atoms with Crippen LogP contribution in [0.5, 0.6) is 0 Å². The zero-order chi connectivity index (χ0) is 13.5. The van der Waals surface area contributed by atoms with E-state index in [0.29, 0.717) is 23.8 Å². The molecule has 1 rings (SSSR count). The van der Waals surface area contributed by atoms with E-state index < -0.39 is 0 Å². The molecule has 0 aliphatic carbocycles. The van der Waals surface area contributed by atoms with E-state index in [-0.39, 0.29) is 5.97 Å². The molecule has 18 heavy (non-hydrogen) atoms. The van der Waals surface area contributed by atoms with E-state index in [1.165, 1.54) is 0 Å². The molecular formula is C14H22N2O2. The van der Waals surface area contributed by atoms with Gasteiger partial charge in [-0.2, -0.15) is 0 Å². The molecule has 3 N–H and O–H groups in total. The molecule has 0 aliphatic heterocycles. The van der Waals surface area contributed by atoms with Gasteiger partial charge in [-0.25, -0.2) is 4.79 Å². The molecule has 0 radical (unpaired) electrons. The fourth-order valence-corrected chi connectivity index (χ4v) is 1.44. The average molecular weight is 250 g/mol. The number of benzene rings is 1. The van der Waals surface area contributed by atoms with Crippen LogP contribution in [0.1, 0.15) is 37.6 Å². The van der Waals surface area contributed by atoms with Crippen LogP contribution in [0.25, 0.3) is 0 Å². The van der Waals surface area contributed by atoms with Crippen molar-refractivity contribution in [1.29, 1.82) is 0 Å². The van der Waals surface area contributed by atoms with Crippen LogP contribution in [0, 0.1) is 5.92 Å². The van der Waals surface area contributed by atoms with E-state index in [0.717, 1.165) is 18.7 Å². The Morgan fingerprint density at radius 1 is 1.44 bits per heavy atom. The Morgan fingerprint density at radius 2 is 2.17 bits per heavy atom. The quantitative estimate of drug-likeness (QED) is 0.602. The van der Waals surface area contributed by atoms with E-state index >= 15 is 0 Å². The molecule has 0 aliphatic rings. The zero-order valence-corrected chi connectivity index (χ0v) is 11.3. The van der Waals surface area contributed by atoms with Crippen molar-refractivity contribution in [2.45, 2.75) is 27.2 Å². The molecule has 0 atom stereocenters. The SMILES string of the molecule is CCCOC(=O)c1ccc(NCC(C)C)c(N)c1. The van der Waals surface area contributed by atoms with Crippen molar-refractivity contribution in [3.8, 4) is 0 Å². The average Bonchev–Trinajstić information content (AvgIpc) is 2.34. The van der Waals surface area contributed by atoms with Gasteiger partial charge in [-0.15, -0.1) is 0 Å². The fourth-order valence-electron chi connectivity index (χ4n) is 1.44. The largest absolute Gasteiger partial charge is 0.462 e. The van der Waals surface area contributed by atoms with Crippen molar-refractivity contribution in [3.63, 3.8) is 0 Å². The number of hydrogen-bond acceptors (Lipinski definition) is 4. The maximum atomic E-state index is 11.6. The summed E-state index contributed by atoms with van der Waals surface area (Å²) in [5, 5.41) is 3.24. The predicted molar refractivity (Wildman–Crippen MR) is 74.8 cm³/mol. The molecule has 4 nitrogen and oxygen atoms in total. The van der Waals surface area contributed by atoms with Crippen molar-refractivity contribution in [1.82, 2.24) is 0 Å². The van der Waals surface area contributed by atoms with Crippen LogP contribution in [0.3, 0.4) is 0 Å². The third-order valence-corrected chi connectivity index (χ3v) is 2.43. The summed E-state index contributed by atoms with van der Waals surface area (Å²) in [4.78, 5) is 11.6. The molecule has 0 saturated carbocycles. The first kappa shape index (κ1) is 14.4. The number of esters is 1. The van der Waals surface area contributed by atoms with Crippen molar-refractivity contribution in [3.05, 3.63) is 23.8 Å². The zero-order valence-electron chi connectivity index (χ0n) is 11.3. The number of carbonyl (C=O) groups is 1. The first-order valence-corrected chi connectivity index (χ1v) is 6.35. The number of nitrogens with one attached hydrogen (secondary N) is 1. The summed E-state index contributed by atoms with van der Waals surface area (Å²) in [5.74, 6) is 0.220. The van der Waals surface area contributed by atoms with Gasteiger partial charge in [-0.1, -0.05) is 20.8 Å². The smallest absolute Gasteiger partial charge is 0.338 e. The van der Waals surface area contributed by atoms with Crippen LogP contribution >= 0.6 is 0 Å². The molecule has 1 aromatic carbocycles. The Balaban J connectivity index is 2.69. The first-order valence-electron chi connectivity index (χ1n) is 6.35. The molecule has 0 amide bonds. The van der Waals surface area contributed by atoms with Crippen LogP contribution in [0.2, 0.25) is 0 Å². The monoisotopic (exact) mass is 250 g/mol. The van der Waals surface area contributed by atoms with Crippen LogP contribution in [0.15, 0.2) is 18.2 Å². The predicted octanol–water partition coefficient (Wildman–Crippen LogP) is 2.90. The summed E-state index contributed by atoms with van der Waals surface area (Å²) < 4.78 is 5.06. The van der Waals surface area contributed by atoms with Gasteiger partial charge in [0.25, 0.3) is 0 Å². The topological polar surface area (TPSA) is 64.3 Å². The lowest BCUT2D eigenvalue weighted by molar-refractivity contribution is 0.0505. The van der Waals surface area contributed by atoms with Crippen molar-refractivity contribution in [2.24, 2.45) is 5.92 Å². The summed E-state index contributed by atoms with van der Waals surface area (Å²) >= 11 is 0. The summed E-state index contributed by atoms with van der Waals surface area (Å²) in [5.41, 5.74) is 7.83. The van der Waals surface area contributed by atoms with Gasteiger partial charge in [0.05, 0.1) is 23.5 Å². The molecule has 0 fully saturated rings. The lowest BCUT2D eigenvalue weighted by Gasteiger charge is -2.12. The summed E-state index contributed by atoms with van der Waals surface area (Å²) in [6.07, 6.45) is 0.815. The van der Waals surface area contributed by atoms with Crippen molar-refractivity contribution >= 4 is 17.3 Å². The Bertz CT molecular complexity index is 403. The van der Waals surface area contributed by atoms with Gasteiger partial charge in [-0.05, 0) is 30.5 Å². The minimum absolute atomic E-state index is 0.320. The minimum atomic E-state index is -0.320. The van der Waals surface area contributed by atoms with Crippen LogP contribution in [-0.2, 0) is 4.74 Å². The van der Waals surface area contributed by atoms with E-state index in [9.17, 15) is 4.79 Å². The van der Waals surface area contributed by atoms with Gasteiger partial charge in [0.2, 0.25) is 0 Å². The van der Waals surface area contributed by atoms with E-state index in [4.69, 9.17) is 10.5 Å². The second-order valence-corrected chi connectivity index (χ2v) is 4.71. The Labute approximate surface area is 109 Å². The summed E-state index contributed by atoms with van der Waals surface area (Å²) in [7, 11) is 0. The number of hydrogen-bond donors (Lipinski definition) is 2. The fraction of sp³-hybridized carbons (Fsp3) is 0.500. The number of anilines is 2. The molecule has 0 bridgehead atoms. The van der Waals surface area contributed by atoms with Gasteiger partial charge < -0.3 is 15.8 Å². The first-order chi connectivity index (χ1) is 8.54. The number of ether oxygens (including phenoxy) is 1. The number of rotatable bonds is 6. The Morgan fingerprint density at radius 3 is 2.72 bits per heavy atom. The molecule has 0 heterocycles. The molecule has 4 heteroatoms. The molecule has 100 valence electrons. The van der Waals surface area contributed by atoms with Gasteiger partial charge in [-0.3, -0.25) is 0 Å². The third-order valence-electron chi connectivity index (χ3n) is 2.43. The maximum Gasteiger partial charge on any atom is 0.338 e. The van der Waals surface area contributed by atoms with Gasteiger partial charge >= 0.3 is 5.97 Å². The molecule has 0 spiro atoms. The van der Waals surface area contributed by atoms with Crippen LogP contribution in [-0.4, -0.2) is 19.1 Å². The number of carbonyl (C=O) groups excluding carboxylic acids is 1. The second-order valence-electron chi connectivity index (χ2n) is 4.71. The molecule has 0 aromatic heterocycles. The highest BCUT2D eigenvalue weighted by atomic mass is 16.5. The standard InChI is InChI=1S/C14H22N2O2/c1-4-7-18-14(17)11-5-6-13(12(15)8-11)16-9-10(2)3/h5-6,8,10,16H,4,7,9,15H2,1-3H3. The number of nitrogens with two attached hydrogens (primary N) is 1.